The number of nitrogens with zero attached hydrogens (tertiary/aromatic N) is 7. The van der Waals surface area contributed by atoms with Crippen molar-refractivity contribution in [3.63, 3.8) is 0 Å². The van der Waals surface area contributed by atoms with Gasteiger partial charge in [0.2, 0.25) is 0 Å². The van der Waals surface area contributed by atoms with Gasteiger partial charge in [-0.05, 0) is 284 Å². The van der Waals surface area contributed by atoms with E-state index >= 15 is 0 Å². The van der Waals surface area contributed by atoms with Crippen LogP contribution in [0, 0.1) is 20.8 Å². The van der Waals surface area contributed by atoms with Gasteiger partial charge in [-0.1, -0.05) is 343 Å². The van der Waals surface area contributed by atoms with Crippen LogP contribution in [-0.4, -0.2) is 31.8 Å². The summed E-state index contributed by atoms with van der Waals surface area (Å²) in [6, 6.07) is -73.7. The lowest BCUT2D eigenvalue weighted by molar-refractivity contribution is 1.16. The molecule has 24 aromatic carbocycles. The molecule has 8 heterocycles. The molecular weight excluding hydrogens is 1790 g/mol. The molecule has 0 radical (unpaired) electrons. The van der Waals surface area contributed by atoms with Gasteiger partial charge in [-0.25, -0.2) is 0 Å². The maximum Gasteiger partial charge on any atom is 0.0652 e. The molecule has 0 N–H and O–H groups in total. The van der Waals surface area contributed by atoms with Gasteiger partial charge in [0.05, 0.1) is 198 Å². The molecule has 0 fully saturated rings. The van der Waals surface area contributed by atoms with Crippen molar-refractivity contribution in [2.24, 2.45) is 0 Å². The molecule has 0 unspecified atom stereocenters. The average molecular weight is 1970 g/mol. The molecule has 0 aliphatic carbocycles. The number of fused-ring (bicyclic) bond motifs is 26. The zero-order valence-corrected chi connectivity index (χ0v) is 75.1. The van der Waals surface area contributed by atoms with Crippen molar-refractivity contribution < 1.29 is 115 Å². The van der Waals surface area contributed by atoms with Crippen LogP contribution in [0.15, 0.2) is 508 Å². The lowest BCUT2D eigenvalue weighted by atomic mass is 9.91. The Labute approximate surface area is 970 Å². The summed E-state index contributed by atoms with van der Waals surface area (Å²) in [5.74, 6) is 0. The minimum absolute atomic E-state index is 0.0740. The first-order chi connectivity index (χ1) is 108. The quantitative estimate of drug-likeness (QED) is 0.122. The molecule has 0 atom stereocenters. The van der Waals surface area contributed by atoms with E-state index in [2.05, 4.69) is 0 Å². The van der Waals surface area contributed by atoms with E-state index in [1.54, 1.807) is 0 Å². The maximum absolute atomic E-state index is 10.1. The van der Waals surface area contributed by atoms with E-state index in [-0.39, 0.29) is 65.4 Å². The van der Waals surface area contributed by atoms with E-state index in [0.29, 0.717) is 9.13 Å². The molecule has 8 aromatic heterocycles. The number of para-hydroxylation sites is 9. The predicted molar refractivity (Wildman–Crippen MR) is 628 cm³/mol. The van der Waals surface area contributed by atoms with E-state index in [1.165, 1.54) is 20.8 Å². The number of hydrogen-bond acceptors (Lipinski definition) is 0. The molecule has 0 saturated heterocycles. The lowest BCUT2D eigenvalue weighted by Crippen LogP contribution is -1.97. The number of rotatable bonds is 10. The van der Waals surface area contributed by atoms with Crippen LogP contribution in [0.1, 0.15) is 132 Å². The normalized spacial score (nSPS) is 20.0. The highest BCUT2D eigenvalue weighted by atomic mass is 15.0. The van der Waals surface area contributed by atoms with Crippen LogP contribution in [0.25, 0.3) is 280 Å². The molecule has 148 heavy (non-hydrogen) atoms. The monoisotopic (exact) mass is 1970 g/mol. The van der Waals surface area contributed by atoms with Crippen molar-refractivity contribution >= 4 is 201 Å². The molecular formula is C141H93N7. The zero-order valence-electron chi connectivity index (χ0n) is 159. The number of benzene rings is 24. The van der Waals surface area contributed by atoms with E-state index < -0.39 is 739 Å². The van der Waals surface area contributed by atoms with Gasteiger partial charge >= 0.3 is 0 Å². The fourth-order valence-corrected chi connectivity index (χ4v) is 19.0. The smallest absolute Gasteiger partial charge is 0.0652 e. The second-order valence-corrected chi connectivity index (χ2v) is 33.3. The molecule has 0 spiro atoms. The fourth-order valence-electron chi connectivity index (χ4n) is 19.0. The second-order valence-electron chi connectivity index (χ2n) is 33.3. The number of hydrogen-bond donors (Lipinski definition) is 0. The minimum atomic E-state index is -1.21. The first-order valence-electron chi connectivity index (χ1n) is 86.4. The summed E-state index contributed by atoms with van der Waals surface area (Å²) in [4.78, 5) is 0. The third-order valence-electron chi connectivity index (χ3n) is 25.1. The molecule has 7 heteroatoms. The maximum atomic E-state index is 10.1. The summed E-state index contributed by atoms with van der Waals surface area (Å²) < 4.78 is 771. The Hall–Kier alpha value is -19.3. The Morgan fingerprint density at radius 1 is 0.128 bits per heavy atom. The molecule has 0 aliphatic rings. The van der Waals surface area contributed by atoms with Crippen molar-refractivity contribution in [1.82, 2.24) is 31.8 Å². The van der Waals surface area contributed by atoms with Crippen LogP contribution in [-0.2, 0) is 0 Å². The minimum Gasteiger partial charge on any atom is -0.309 e. The predicted octanol–water partition coefficient (Wildman–Crippen LogP) is 37.8. The Morgan fingerprint density at radius 3 is 0.959 bits per heavy atom. The highest BCUT2D eigenvalue weighted by Gasteiger charge is 2.27. The largest absolute Gasteiger partial charge is 0.309 e. The number of aromatic nitrogens is 7. The van der Waals surface area contributed by atoms with Gasteiger partial charge in [0.15, 0.2) is 0 Å². The molecule has 32 rings (SSSR count). The van der Waals surface area contributed by atoms with Gasteiger partial charge in [-0.2, -0.15) is 0 Å². The van der Waals surface area contributed by atoms with Crippen LogP contribution in [0.2, 0.25) is 0 Å². The lowest BCUT2D eigenvalue weighted by Gasteiger charge is -2.15. The van der Waals surface area contributed by atoms with Crippen LogP contribution in [0.3, 0.4) is 0 Å². The first kappa shape index (κ1) is 35.9. The van der Waals surface area contributed by atoms with Gasteiger partial charge < -0.3 is 31.8 Å². The van der Waals surface area contributed by atoms with Gasteiger partial charge in [0.25, 0.3) is 0 Å². The molecule has 0 bridgehead atoms. The van der Waals surface area contributed by atoms with Crippen LogP contribution in [0.4, 0.5) is 0 Å². The fraction of sp³-hybridized carbons (Fsp3) is 0.0213. The summed E-state index contributed by atoms with van der Waals surface area (Å²) in [7, 11) is 0. The molecule has 692 valence electrons. The van der Waals surface area contributed by atoms with Gasteiger partial charge in [-0.15, -0.1) is 0 Å². The summed E-state index contributed by atoms with van der Waals surface area (Å²) in [5.41, 5.74) is -21.0. The summed E-state index contributed by atoms with van der Waals surface area (Å²) >= 11 is 0. The van der Waals surface area contributed by atoms with Crippen molar-refractivity contribution in [1.29, 1.82) is 0 Å². The molecule has 0 amide bonds. The standard InChI is InChI=1S/C49H32N2.C49H34N2.C43H27N3/c1-31-21-24-38-39-25-22-33(29-44(39)37-14-3-2-13-36(37)43(38)27-31)32-11-10-12-34(28-32)50-48-20-9-6-17-42(48)45-30-35(23-26-49(45)50)51-46-18-7-4-15-40(46)41-16-5-8-19-47(41)51;1-33-13-11-16-35(27-33)36-17-12-18-37(28-36)39-29-38(34-14-3-2-4-15-34)30-41(31-39)51-48-24-10-7-21-44(48)45-32-40(25-26-49(45)51)50-46-22-8-5-19-42(46)43-20-6-9-23-47(43)50;1-26-20-22-36-33(24-26)34-25-28(21-23-37(34)44(36)27-10-3-2-4-11-27)45-38-17-8-13-30-32-15-7-14-31-29-12-5-6-16-35(29)46(43(31)32)40-19-9-18-39(45)42(40)41(30)38/h2-30H,1H3;2-32H,1H3;2-25H,1H3/i2D,3D,4D,5D,6D,7D,8D,9D,10D,11D,12D,13D,14D,15D,16D,17D,18D,19D,20D,21D,22D,23D,24D,25D,26D,27D,28D,29D,30D;2D,3D,4D,5D,6D,7D,8D,9D,10D,11D,12D,13D,14D,15D,16D,17D,18D,19D,20D,21D,22D,23D,24D,25D,26D,27D,28D,29D,30D,31D,32D;2D,3D,4D,5D,6D,7D,8D,9D,10D,11D,12D,13D,14D,15D,16D,17D,18D,19D,20D,21D,22D,23D,24D,25D. The third-order valence-corrected chi connectivity index (χ3v) is 25.1. The Balaban J connectivity index is 0.000000143. The summed E-state index contributed by atoms with van der Waals surface area (Å²) in [6.07, 6.45) is 0. The average Bonchev–Trinajstić information content (AvgIpc) is 1.49. The summed E-state index contributed by atoms with van der Waals surface area (Å²) in [6.45, 7) is 3.90. The van der Waals surface area contributed by atoms with Crippen molar-refractivity contribution in [3.8, 4) is 78.6 Å². The topological polar surface area (TPSA) is 34.0 Å². The van der Waals surface area contributed by atoms with E-state index in [1.807, 2.05) is 0 Å². The van der Waals surface area contributed by atoms with E-state index in [9.17, 15) is 48.0 Å². The first-order valence-corrected chi connectivity index (χ1v) is 44.4. The van der Waals surface area contributed by atoms with Gasteiger partial charge in [-0.3, -0.25) is 0 Å². The molecule has 0 saturated carbocycles. The molecule has 32 aromatic rings. The Bertz CT molecular complexity index is 16500. The zero-order chi connectivity index (χ0) is 171. The highest BCUT2D eigenvalue weighted by molar-refractivity contribution is 6.32. The highest BCUT2D eigenvalue weighted by Crippen LogP contribution is 2.49. The Kier molecular flexibility index (Phi) is 8.10. The van der Waals surface area contributed by atoms with Crippen molar-refractivity contribution in [2.75, 3.05) is 0 Å². The SMILES string of the molecule is [2H]c1c([2H])c(-c2c([2H])c([2H])c3c4c([2H])c([2H])c(C)c([2H])c4c4c([2H])c([2H])c([2H])c([2H])c4c3c2[2H])c([2H])c(-n2c3c([2H])c([2H])c([2H])c([2H])c3c3c([2H])c(-n4c5c([2H])c([2H])c([2H])c([2H])c5c5c([2H])c([2H])c([2H])c([2H])c54)c([2H])c([2H])c32)c1[2H].[2H]c1c([2H])c([2H])c(-c2c([2H])c(-c3c([2H])c([2H])c([2H])c(-c4c([2H])c([2H])c([2H])c(C)c4[2H])c3[2H])c([2H])c(-n3c4c([2H])c([2H])c([2H])c([2H])c4c4c([2H])c(-n5c6c([2H])c([2H])c([2H])c([2H])c6c6c([2H])c([2H])c([2H])c([2H])c65)c([2H])c([2H])c43)c2[2H])c([2H])c1[2H].[2H]c1c([2H])c([2H])c(-n2c3c([2H])c([2H])c(C)c([2H])c3c3c([2H])c(-n4c5c([2H])c([2H])c([2H])c6c7c([2H])c([2H])c([2H])c8c9c([2H])c([2H])c([2H])c([2H])c9n(c9c([2H])c([2H])c([2H])c4c9c65)c78)c([2H])c([2H])c32)c([2H])c1[2H]. The van der Waals surface area contributed by atoms with Crippen molar-refractivity contribution in [3.05, 3.63) is 524 Å². The molecule has 0 aliphatic heterocycles. The van der Waals surface area contributed by atoms with Crippen LogP contribution < -0.4 is 0 Å². The molecule has 7 nitrogen and oxygen atoms in total. The van der Waals surface area contributed by atoms with E-state index in [4.69, 9.17) is 67.2 Å². The third kappa shape index (κ3) is 13.1. The van der Waals surface area contributed by atoms with Gasteiger partial charge in [0.1, 0.15) is 0 Å². The Morgan fingerprint density at radius 2 is 0.405 bits per heavy atom. The van der Waals surface area contributed by atoms with Crippen LogP contribution >= 0.6 is 0 Å². The van der Waals surface area contributed by atoms with E-state index in [0.717, 1.165) is 22.7 Å². The van der Waals surface area contributed by atoms with Crippen molar-refractivity contribution in [2.45, 2.75) is 20.8 Å². The van der Waals surface area contributed by atoms with Gasteiger partial charge in [0, 0.05) is 115 Å². The second kappa shape index (κ2) is 33.4. The van der Waals surface area contributed by atoms with Crippen LogP contribution in [0.5, 0.6) is 0 Å². The summed E-state index contributed by atoms with van der Waals surface area (Å²) in [5, 5.41) is -10.1.